The molecule has 0 N–H and O–H groups in total. The van der Waals surface area contributed by atoms with E-state index in [1.54, 1.807) is 0 Å². The van der Waals surface area contributed by atoms with Crippen molar-refractivity contribution in [1.29, 1.82) is 0 Å². The van der Waals surface area contributed by atoms with Gasteiger partial charge in [0, 0.05) is 0 Å². The van der Waals surface area contributed by atoms with Crippen LogP contribution in [-0.4, -0.2) is 19.8 Å². The lowest BCUT2D eigenvalue weighted by molar-refractivity contribution is 0.110. The summed E-state index contributed by atoms with van der Waals surface area (Å²) in [6.45, 7) is 12.0. The molecular formula is C18H41O4P. The maximum atomic E-state index is 12.2. The van der Waals surface area contributed by atoms with Gasteiger partial charge in [-0.15, -0.1) is 0 Å². The minimum Gasteiger partial charge on any atom is -0.287 e. The van der Waals surface area contributed by atoms with Crippen LogP contribution < -0.4 is 0 Å². The molecule has 0 aromatic carbocycles. The summed E-state index contributed by atoms with van der Waals surface area (Å²) in [6, 6.07) is 0. The van der Waals surface area contributed by atoms with Gasteiger partial charge in [-0.25, -0.2) is 4.57 Å². The maximum absolute atomic E-state index is 12.2. The molecule has 0 unspecified atom stereocenters. The van der Waals surface area contributed by atoms with Crippen LogP contribution in [0.25, 0.3) is 0 Å². The van der Waals surface area contributed by atoms with E-state index in [4.69, 9.17) is 13.6 Å². The lowest BCUT2D eigenvalue weighted by atomic mass is 10.2. The molecular weight excluding hydrogens is 311 g/mol. The summed E-state index contributed by atoms with van der Waals surface area (Å²) in [7, 11) is -3.31. The first-order valence-electron chi connectivity index (χ1n) is 9.63. The van der Waals surface area contributed by atoms with Crippen LogP contribution in [0.4, 0.5) is 0 Å². The average molecular weight is 352 g/mol. The Morgan fingerprint density at radius 1 is 0.522 bits per heavy atom. The highest BCUT2D eigenvalue weighted by Crippen LogP contribution is 2.49. The minimum absolute atomic E-state index is 0.437. The SMILES string of the molecule is CCCCCC.CCCCOP(=O)(OCCCC)OCCCC. The molecule has 5 heteroatoms. The molecule has 0 bridgehead atoms. The Balaban J connectivity index is 0. The van der Waals surface area contributed by atoms with Crippen LogP contribution in [0.15, 0.2) is 0 Å². The van der Waals surface area contributed by atoms with Crippen LogP contribution in [0.1, 0.15) is 98.8 Å². The lowest BCUT2D eigenvalue weighted by Gasteiger charge is -2.17. The van der Waals surface area contributed by atoms with E-state index in [1.165, 1.54) is 25.7 Å². The van der Waals surface area contributed by atoms with E-state index in [-0.39, 0.29) is 0 Å². The maximum Gasteiger partial charge on any atom is 0.474 e. The van der Waals surface area contributed by atoms with Crippen LogP contribution in [0.5, 0.6) is 0 Å². The number of unbranched alkanes of at least 4 members (excludes halogenated alkanes) is 6. The standard InChI is InChI=1S/C12H27O4P.C6H14/c1-4-7-10-14-17(13,15-11-8-5-2)16-12-9-6-3;1-3-5-6-4-2/h4-12H2,1-3H3;3-6H2,1-2H3. The molecule has 23 heavy (non-hydrogen) atoms. The van der Waals surface area contributed by atoms with Gasteiger partial charge in [-0.1, -0.05) is 79.6 Å². The predicted octanol–water partition coefficient (Wildman–Crippen LogP) is 7.13. The van der Waals surface area contributed by atoms with Crippen LogP contribution in [-0.2, 0) is 18.1 Å². The van der Waals surface area contributed by atoms with E-state index in [0.717, 1.165) is 38.5 Å². The zero-order valence-electron chi connectivity index (χ0n) is 16.3. The lowest BCUT2D eigenvalue weighted by Crippen LogP contribution is -2.03. The highest BCUT2D eigenvalue weighted by atomic mass is 31.2. The molecule has 0 radical (unpaired) electrons. The van der Waals surface area contributed by atoms with Gasteiger partial charge < -0.3 is 0 Å². The quantitative estimate of drug-likeness (QED) is 0.232. The summed E-state index contributed by atoms with van der Waals surface area (Å²) >= 11 is 0. The molecule has 0 atom stereocenters. The van der Waals surface area contributed by atoms with Crippen LogP contribution in [0.2, 0.25) is 0 Å². The minimum atomic E-state index is -3.31. The van der Waals surface area contributed by atoms with Gasteiger partial charge in [0.2, 0.25) is 0 Å². The van der Waals surface area contributed by atoms with Gasteiger partial charge >= 0.3 is 7.82 Å². The van der Waals surface area contributed by atoms with E-state index in [1.807, 2.05) is 0 Å². The largest absolute Gasteiger partial charge is 0.474 e. The second-order valence-electron chi connectivity index (χ2n) is 5.71. The van der Waals surface area contributed by atoms with Crippen molar-refractivity contribution in [3.63, 3.8) is 0 Å². The summed E-state index contributed by atoms with van der Waals surface area (Å²) in [4.78, 5) is 0. The summed E-state index contributed by atoms with van der Waals surface area (Å²) in [5, 5.41) is 0. The molecule has 0 aliphatic heterocycles. The third kappa shape index (κ3) is 20.1. The molecule has 0 heterocycles. The van der Waals surface area contributed by atoms with E-state index < -0.39 is 7.82 Å². The molecule has 0 rings (SSSR count). The van der Waals surface area contributed by atoms with Gasteiger partial charge in [-0.2, -0.15) is 0 Å². The molecule has 0 aromatic heterocycles. The van der Waals surface area contributed by atoms with E-state index in [0.29, 0.717) is 19.8 Å². The van der Waals surface area contributed by atoms with Crippen LogP contribution >= 0.6 is 7.82 Å². The Morgan fingerprint density at radius 2 is 0.783 bits per heavy atom. The first-order chi connectivity index (χ1) is 11.1. The highest BCUT2D eigenvalue weighted by molar-refractivity contribution is 7.48. The van der Waals surface area contributed by atoms with Gasteiger partial charge in [0.05, 0.1) is 19.8 Å². The molecule has 4 nitrogen and oxygen atoms in total. The normalized spacial score (nSPS) is 11.2. The van der Waals surface area contributed by atoms with Crippen molar-refractivity contribution < 1.29 is 18.1 Å². The van der Waals surface area contributed by atoms with Gasteiger partial charge in [0.15, 0.2) is 0 Å². The number of phosphoric ester groups is 1. The van der Waals surface area contributed by atoms with E-state index in [2.05, 4.69) is 34.6 Å². The second-order valence-corrected chi connectivity index (χ2v) is 7.38. The number of hydrogen-bond acceptors (Lipinski definition) is 4. The Bertz CT molecular complexity index is 222. The van der Waals surface area contributed by atoms with Gasteiger partial charge in [0.1, 0.15) is 0 Å². The second kappa shape index (κ2) is 20.2. The molecule has 0 aromatic rings. The molecule has 0 fully saturated rings. The summed E-state index contributed by atoms with van der Waals surface area (Å²) in [5.41, 5.74) is 0. The van der Waals surface area contributed by atoms with Crippen molar-refractivity contribution in [2.45, 2.75) is 98.8 Å². The molecule has 0 spiro atoms. The van der Waals surface area contributed by atoms with Crippen molar-refractivity contribution in [2.75, 3.05) is 19.8 Å². The first kappa shape index (κ1) is 25.4. The zero-order valence-corrected chi connectivity index (χ0v) is 17.2. The Kier molecular flexibility index (Phi) is 22.2. The van der Waals surface area contributed by atoms with Gasteiger partial charge in [-0.05, 0) is 19.3 Å². The molecule has 0 saturated heterocycles. The monoisotopic (exact) mass is 352 g/mol. The van der Waals surface area contributed by atoms with Crippen molar-refractivity contribution >= 4 is 7.82 Å². The van der Waals surface area contributed by atoms with E-state index in [9.17, 15) is 4.57 Å². The Hall–Kier alpha value is 0.110. The summed E-state index contributed by atoms with van der Waals surface area (Å²) in [5.74, 6) is 0. The van der Waals surface area contributed by atoms with Crippen molar-refractivity contribution in [3.05, 3.63) is 0 Å². The van der Waals surface area contributed by atoms with Gasteiger partial charge in [-0.3, -0.25) is 13.6 Å². The number of hydrogen-bond donors (Lipinski definition) is 0. The molecule has 0 aliphatic carbocycles. The highest BCUT2D eigenvalue weighted by Gasteiger charge is 2.25. The van der Waals surface area contributed by atoms with E-state index >= 15 is 0 Å². The van der Waals surface area contributed by atoms with Crippen molar-refractivity contribution in [1.82, 2.24) is 0 Å². The van der Waals surface area contributed by atoms with Crippen molar-refractivity contribution in [3.8, 4) is 0 Å². The molecule has 0 amide bonds. The fourth-order valence-electron chi connectivity index (χ4n) is 1.57. The molecule has 0 saturated carbocycles. The molecule has 0 aliphatic rings. The topological polar surface area (TPSA) is 44.8 Å². The van der Waals surface area contributed by atoms with Gasteiger partial charge in [0.25, 0.3) is 0 Å². The zero-order chi connectivity index (χ0) is 17.8. The third-order valence-electron chi connectivity index (χ3n) is 3.20. The van der Waals surface area contributed by atoms with Crippen LogP contribution in [0, 0.1) is 0 Å². The summed E-state index contributed by atoms with van der Waals surface area (Å²) < 4.78 is 28.0. The molecule has 142 valence electrons. The number of rotatable bonds is 15. The Morgan fingerprint density at radius 3 is 1.00 bits per heavy atom. The van der Waals surface area contributed by atoms with Crippen molar-refractivity contribution in [2.24, 2.45) is 0 Å². The summed E-state index contributed by atoms with van der Waals surface area (Å²) in [6.07, 6.45) is 11.2. The average Bonchev–Trinajstić information content (AvgIpc) is 2.54. The number of phosphoric acid groups is 1. The fraction of sp³-hybridized carbons (Fsp3) is 1.00. The Labute approximate surface area is 145 Å². The smallest absolute Gasteiger partial charge is 0.287 e. The third-order valence-corrected chi connectivity index (χ3v) is 4.70. The fourth-order valence-corrected chi connectivity index (χ4v) is 2.86. The predicted molar refractivity (Wildman–Crippen MR) is 100 cm³/mol. The first-order valence-corrected chi connectivity index (χ1v) is 11.1. The van der Waals surface area contributed by atoms with Crippen LogP contribution in [0.3, 0.4) is 0 Å².